The summed E-state index contributed by atoms with van der Waals surface area (Å²) in [7, 11) is 0. The highest BCUT2D eigenvalue weighted by molar-refractivity contribution is 5.98. The van der Waals surface area contributed by atoms with Gasteiger partial charge in [0.15, 0.2) is 0 Å². The molecular weight excluding hydrogens is 196 g/mol. The number of hydrogen-bond acceptors (Lipinski definition) is 3. The van der Waals surface area contributed by atoms with Crippen LogP contribution in [0.25, 0.3) is 0 Å². The second kappa shape index (κ2) is 4.75. The lowest BCUT2D eigenvalue weighted by Crippen LogP contribution is -2.39. The van der Waals surface area contributed by atoms with E-state index in [1.807, 2.05) is 0 Å². The minimum atomic E-state index is -1.06. The molecule has 2 atom stereocenters. The van der Waals surface area contributed by atoms with Crippen LogP contribution in [0.4, 0.5) is 0 Å². The van der Waals surface area contributed by atoms with Crippen LogP contribution in [0.15, 0.2) is 23.8 Å². The van der Waals surface area contributed by atoms with Gasteiger partial charge in [0.2, 0.25) is 0 Å². The van der Waals surface area contributed by atoms with E-state index in [0.29, 0.717) is 12.0 Å². The summed E-state index contributed by atoms with van der Waals surface area (Å²) in [5, 5.41) is 11.0. The van der Waals surface area contributed by atoms with Crippen LogP contribution in [0.1, 0.15) is 13.3 Å². The lowest BCUT2D eigenvalue weighted by Gasteiger charge is -2.14. The third kappa shape index (κ3) is 3.21. The molecule has 0 spiro atoms. The van der Waals surface area contributed by atoms with E-state index in [0.717, 1.165) is 0 Å². The average molecular weight is 210 g/mol. The van der Waals surface area contributed by atoms with Crippen molar-refractivity contribution in [3.8, 4) is 0 Å². The number of carboxylic acid groups (broad SMARTS) is 1. The van der Waals surface area contributed by atoms with Gasteiger partial charge >= 0.3 is 5.97 Å². The van der Waals surface area contributed by atoms with Gasteiger partial charge in [-0.05, 0) is 13.3 Å². The predicted octanol–water partition coefficient (Wildman–Crippen LogP) is -0.211. The molecule has 1 aliphatic carbocycles. The molecule has 5 nitrogen and oxygen atoms in total. The van der Waals surface area contributed by atoms with E-state index >= 15 is 0 Å². The Bertz CT molecular complexity index is 334. The smallest absolute Gasteiger partial charge is 0.325 e. The van der Waals surface area contributed by atoms with Crippen LogP contribution in [0, 0.1) is 0 Å². The number of hydrogen-bond donors (Lipinski definition) is 3. The number of carbonyl (C=O) groups excluding carboxylic acids is 1. The molecule has 2 unspecified atom stereocenters. The Hall–Kier alpha value is -1.62. The van der Waals surface area contributed by atoms with Crippen LogP contribution in [-0.4, -0.2) is 29.1 Å². The van der Waals surface area contributed by atoms with Crippen molar-refractivity contribution in [2.75, 3.05) is 0 Å². The van der Waals surface area contributed by atoms with Gasteiger partial charge in [0.25, 0.3) is 5.91 Å². The molecule has 15 heavy (non-hydrogen) atoms. The molecule has 0 aromatic heterocycles. The molecule has 0 radical (unpaired) electrons. The zero-order valence-electron chi connectivity index (χ0n) is 8.43. The summed E-state index contributed by atoms with van der Waals surface area (Å²) in [6.07, 6.45) is 5.77. The van der Waals surface area contributed by atoms with E-state index in [4.69, 9.17) is 10.8 Å². The summed E-state index contributed by atoms with van der Waals surface area (Å²) in [6.45, 7) is 1.41. The average Bonchev–Trinajstić information content (AvgIpc) is 2.17. The first kappa shape index (κ1) is 11.5. The third-order valence-corrected chi connectivity index (χ3v) is 2.08. The second-order valence-corrected chi connectivity index (χ2v) is 3.46. The minimum absolute atomic E-state index is 0.170. The van der Waals surface area contributed by atoms with Gasteiger partial charge in [0, 0.05) is 11.6 Å². The topological polar surface area (TPSA) is 92.4 Å². The largest absolute Gasteiger partial charge is 0.480 e. The first-order valence-electron chi connectivity index (χ1n) is 4.68. The van der Waals surface area contributed by atoms with Crippen molar-refractivity contribution in [1.29, 1.82) is 0 Å². The maximum atomic E-state index is 11.5. The van der Waals surface area contributed by atoms with Crippen molar-refractivity contribution in [1.82, 2.24) is 5.32 Å². The number of carboxylic acids is 1. The molecule has 0 aliphatic heterocycles. The normalized spacial score (nSPS) is 21.7. The van der Waals surface area contributed by atoms with Gasteiger partial charge in [-0.15, -0.1) is 0 Å². The molecule has 0 saturated carbocycles. The second-order valence-electron chi connectivity index (χ2n) is 3.46. The van der Waals surface area contributed by atoms with E-state index in [1.165, 1.54) is 6.92 Å². The van der Waals surface area contributed by atoms with Gasteiger partial charge in [-0.3, -0.25) is 9.59 Å². The van der Waals surface area contributed by atoms with E-state index in [9.17, 15) is 9.59 Å². The molecule has 0 bridgehead atoms. The molecule has 5 heteroatoms. The molecule has 1 aliphatic rings. The molecule has 0 aromatic rings. The first-order valence-corrected chi connectivity index (χ1v) is 4.68. The van der Waals surface area contributed by atoms with Crippen molar-refractivity contribution in [3.63, 3.8) is 0 Å². The predicted molar refractivity (Wildman–Crippen MR) is 55.1 cm³/mol. The van der Waals surface area contributed by atoms with Crippen LogP contribution < -0.4 is 11.1 Å². The maximum absolute atomic E-state index is 11.5. The Labute approximate surface area is 87.6 Å². The Balaban J connectivity index is 2.61. The number of nitrogens with one attached hydrogen (secondary N) is 1. The van der Waals surface area contributed by atoms with Crippen LogP contribution in [0.2, 0.25) is 0 Å². The van der Waals surface area contributed by atoms with Crippen molar-refractivity contribution in [2.24, 2.45) is 5.73 Å². The summed E-state index contributed by atoms with van der Waals surface area (Å²) in [5.74, 6) is -1.47. The number of aliphatic carboxylic acids is 1. The Morgan fingerprint density at radius 3 is 2.87 bits per heavy atom. The Kier molecular flexibility index (Phi) is 3.62. The van der Waals surface area contributed by atoms with Gasteiger partial charge in [-0.1, -0.05) is 18.2 Å². The summed E-state index contributed by atoms with van der Waals surface area (Å²) in [6, 6.07) is -1.07. The highest BCUT2D eigenvalue weighted by Crippen LogP contribution is 2.09. The number of rotatable bonds is 3. The SMILES string of the molecule is CC(NC(=O)C1=CC(N)CC=C1)C(=O)O. The van der Waals surface area contributed by atoms with E-state index in [1.54, 1.807) is 18.2 Å². The van der Waals surface area contributed by atoms with Crippen LogP contribution in [-0.2, 0) is 9.59 Å². The molecule has 0 aromatic carbocycles. The maximum Gasteiger partial charge on any atom is 0.325 e. The van der Waals surface area contributed by atoms with E-state index in [2.05, 4.69) is 5.32 Å². The van der Waals surface area contributed by atoms with Crippen molar-refractivity contribution < 1.29 is 14.7 Å². The van der Waals surface area contributed by atoms with Gasteiger partial charge < -0.3 is 16.2 Å². The molecule has 1 amide bonds. The Morgan fingerprint density at radius 2 is 2.33 bits per heavy atom. The minimum Gasteiger partial charge on any atom is -0.480 e. The van der Waals surface area contributed by atoms with E-state index in [-0.39, 0.29) is 6.04 Å². The zero-order valence-corrected chi connectivity index (χ0v) is 8.43. The molecule has 0 saturated heterocycles. The van der Waals surface area contributed by atoms with Crippen LogP contribution in [0.3, 0.4) is 0 Å². The summed E-state index contributed by atoms with van der Waals surface area (Å²) < 4.78 is 0. The fraction of sp³-hybridized carbons (Fsp3) is 0.400. The lowest BCUT2D eigenvalue weighted by atomic mass is 10.0. The highest BCUT2D eigenvalue weighted by Gasteiger charge is 2.17. The molecule has 1 rings (SSSR count). The quantitative estimate of drug-likeness (QED) is 0.601. The van der Waals surface area contributed by atoms with Crippen LogP contribution >= 0.6 is 0 Å². The molecule has 0 fully saturated rings. The molecule has 0 heterocycles. The molecular formula is C10H14N2O3. The van der Waals surface area contributed by atoms with Gasteiger partial charge in [0.05, 0.1) is 0 Å². The summed E-state index contributed by atoms with van der Waals surface area (Å²) >= 11 is 0. The summed E-state index contributed by atoms with van der Waals surface area (Å²) in [5.41, 5.74) is 6.05. The Morgan fingerprint density at radius 1 is 1.67 bits per heavy atom. The number of nitrogens with two attached hydrogens (primary N) is 1. The standard InChI is InChI=1S/C10H14N2O3/c1-6(10(14)15)12-9(13)7-3-2-4-8(11)5-7/h2-3,5-6,8H,4,11H2,1H3,(H,12,13)(H,14,15). The van der Waals surface area contributed by atoms with Crippen molar-refractivity contribution in [2.45, 2.75) is 25.4 Å². The number of carbonyl (C=O) groups is 2. The van der Waals surface area contributed by atoms with Gasteiger partial charge in [-0.2, -0.15) is 0 Å². The highest BCUT2D eigenvalue weighted by atomic mass is 16.4. The number of amides is 1. The lowest BCUT2D eigenvalue weighted by molar-refractivity contribution is -0.140. The fourth-order valence-corrected chi connectivity index (χ4v) is 1.20. The summed E-state index contributed by atoms with van der Waals surface area (Å²) in [4.78, 5) is 22.0. The van der Waals surface area contributed by atoms with Crippen molar-refractivity contribution >= 4 is 11.9 Å². The monoisotopic (exact) mass is 210 g/mol. The van der Waals surface area contributed by atoms with Crippen LogP contribution in [0.5, 0.6) is 0 Å². The third-order valence-electron chi connectivity index (χ3n) is 2.08. The van der Waals surface area contributed by atoms with Crippen molar-refractivity contribution in [3.05, 3.63) is 23.8 Å². The first-order chi connectivity index (χ1) is 7.00. The van der Waals surface area contributed by atoms with Gasteiger partial charge in [-0.25, -0.2) is 0 Å². The molecule has 82 valence electrons. The van der Waals surface area contributed by atoms with E-state index < -0.39 is 17.9 Å². The van der Waals surface area contributed by atoms with Gasteiger partial charge in [0.1, 0.15) is 6.04 Å². The fourth-order valence-electron chi connectivity index (χ4n) is 1.20. The molecule has 4 N–H and O–H groups in total. The zero-order chi connectivity index (χ0) is 11.4.